The van der Waals surface area contributed by atoms with Crippen LogP contribution in [0.3, 0.4) is 0 Å². The first-order valence-electron chi connectivity index (χ1n) is 7.73. The number of hydrogen-bond acceptors (Lipinski definition) is 4. The Labute approximate surface area is 143 Å². The molecular weight excluding hydrogens is 329 g/mol. The number of benzene rings is 1. The molecule has 2 amide bonds. The van der Waals surface area contributed by atoms with Crippen molar-refractivity contribution in [2.24, 2.45) is 0 Å². The lowest BCUT2D eigenvalue weighted by Gasteiger charge is -2.34. The molecule has 2 aromatic rings. The molecule has 1 aromatic heterocycles. The van der Waals surface area contributed by atoms with Crippen molar-refractivity contribution in [2.75, 3.05) is 38.0 Å². The lowest BCUT2D eigenvalue weighted by atomic mass is 10.2. The van der Waals surface area contributed by atoms with Gasteiger partial charge in [-0.2, -0.15) is 0 Å². The minimum absolute atomic E-state index is 0.106. The van der Waals surface area contributed by atoms with Gasteiger partial charge in [0.05, 0.1) is 17.1 Å². The molecule has 0 aliphatic carbocycles. The van der Waals surface area contributed by atoms with E-state index in [1.807, 2.05) is 22.4 Å². The van der Waals surface area contributed by atoms with Gasteiger partial charge in [-0.15, -0.1) is 11.3 Å². The highest BCUT2D eigenvalue weighted by atomic mass is 32.1. The molecule has 1 N–H and O–H groups in total. The van der Waals surface area contributed by atoms with Crippen molar-refractivity contribution in [3.8, 4) is 0 Å². The molecular formula is C17H18FN3O2S. The van der Waals surface area contributed by atoms with Crippen molar-refractivity contribution in [1.82, 2.24) is 9.80 Å². The van der Waals surface area contributed by atoms with Gasteiger partial charge in [0.1, 0.15) is 5.82 Å². The molecule has 0 saturated carbocycles. The summed E-state index contributed by atoms with van der Waals surface area (Å²) < 4.78 is 13.6. The Morgan fingerprint density at radius 1 is 1.08 bits per heavy atom. The smallest absolute Gasteiger partial charge is 0.322 e. The van der Waals surface area contributed by atoms with Crippen LogP contribution in [-0.2, 0) is 0 Å². The summed E-state index contributed by atoms with van der Waals surface area (Å²) >= 11 is 1.44. The van der Waals surface area contributed by atoms with E-state index in [0.29, 0.717) is 32.7 Å². The normalized spacial score (nSPS) is 15.3. The lowest BCUT2D eigenvalue weighted by molar-refractivity contribution is 0.0887. The van der Waals surface area contributed by atoms with Crippen LogP contribution < -0.4 is 5.32 Å². The second-order valence-electron chi connectivity index (χ2n) is 5.57. The topological polar surface area (TPSA) is 52.7 Å². The third kappa shape index (κ3) is 3.98. The fraction of sp³-hybridized carbons (Fsp3) is 0.294. The number of amides is 2. The number of nitrogens with zero attached hydrogens (tertiary/aromatic N) is 2. The number of carbonyl (C=O) groups is 2. The van der Waals surface area contributed by atoms with Gasteiger partial charge < -0.3 is 10.2 Å². The van der Waals surface area contributed by atoms with E-state index in [-0.39, 0.29) is 17.5 Å². The summed E-state index contributed by atoms with van der Waals surface area (Å²) in [6.07, 6.45) is 0. The molecule has 1 aliphatic rings. The zero-order valence-corrected chi connectivity index (χ0v) is 13.9. The first-order valence-corrected chi connectivity index (χ1v) is 8.61. The highest BCUT2D eigenvalue weighted by Crippen LogP contribution is 2.14. The van der Waals surface area contributed by atoms with Crippen molar-refractivity contribution < 1.29 is 14.0 Å². The van der Waals surface area contributed by atoms with Crippen LogP contribution in [-0.4, -0.2) is 54.3 Å². The molecule has 1 aromatic carbocycles. The average molecular weight is 347 g/mol. The zero-order chi connectivity index (χ0) is 16.9. The third-order valence-electron chi connectivity index (χ3n) is 3.94. The van der Waals surface area contributed by atoms with Gasteiger partial charge in [0.2, 0.25) is 0 Å². The van der Waals surface area contributed by atoms with E-state index >= 15 is 0 Å². The average Bonchev–Trinajstić information content (AvgIpc) is 3.12. The van der Waals surface area contributed by atoms with Crippen LogP contribution >= 0.6 is 11.3 Å². The zero-order valence-electron chi connectivity index (χ0n) is 13.1. The van der Waals surface area contributed by atoms with Gasteiger partial charge >= 0.3 is 6.03 Å². The predicted octanol–water partition coefficient (Wildman–Crippen LogP) is 2.92. The maximum absolute atomic E-state index is 13.6. The van der Waals surface area contributed by atoms with Gasteiger partial charge in [-0.1, -0.05) is 18.2 Å². The number of nitrogens with one attached hydrogen (secondary N) is 1. The number of rotatable bonds is 4. The highest BCUT2D eigenvalue weighted by Gasteiger charge is 2.23. The number of thiophene rings is 1. The van der Waals surface area contributed by atoms with E-state index in [9.17, 15) is 14.0 Å². The van der Waals surface area contributed by atoms with Gasteiger partial charge in [0.25, 0.3) is 0 Å². The van der Waals surface area contributed by atoms with Crippen LogP contribution in [0.25, 0.3) is 0 Å². The Bertz CT molecular complexity index is 712. The molecule has 0 spiro atoms. The molecule has 1 saturated heterocycles. The van der Waals surface area contributed by atoms with Crippen molar-refractivity contribution >= 4 is 28.8 Å². The fourth-order valence-electron chi connectivity index (χ4n) is 2.58. The molecule has 7 heteroatoms. The van der Waals surface area contributed by atoms with Gasteiger partial charge in [0, 0.05) is 26.2 Å². The van der Waals surface area contributed by atoms with E-state index < -0.39 is 5.82 Å². The van der Waals surface area contributed by atoms with Gasteiger partial charge in [0.15, 0.2) is 5.78 Å². The molecule has 3 rings (SSSR count). The van der Waals surface area contributed by atoms with Gasteiger partial charge in [-0.05, 0) is 23.6 Å². The SMILES string of the molecule is O=C(CN1CCN(C(=O)Nc2ccccc2F)CC1)c1cccs1. The number of carbonyl (C=O) groups excluding carboxylic acids is 2. The third-order valence-corrected chi connectivity index (χ3v) is 4.85. The Morgan fingerprint density at radius 2 is 1.83 bits per heavy atom. The molecule has 24 heavy (non-hydrogen) atoms. The summed E-state index contributed by atoms with van der Waals surface area (Å²) in [4.78, 5) is 28.7. The van der Waals surface area contributed by atoms with Crippen LogP contribution in [0.1, 0.15) is 9.67 Å². The molecule has 1 aliphatic heterocycles. The molecule has 2 heterocycles. The second kappa shape index (κ2) is 7.55. The monoisotopic (exact) mass is 347 g/mol. The van der Waals surface area contributed by atoms with E-state index in [4.69, 9.17) is 0 Å². The lowest BCUT2D eigenvalue weighted by Crippen LogP contribution is -2.51. The van der Waals surface area contributed by atoms with Crippen LogP contribution in [0.4, 0.5) is 14.9 Å². The summed E-state index contributed by atoms with van der Waals surface area (Å²) in [6.45, 7) is 2.64. The van der Waals surface area contributed by atoms with Crippen molar-refractivity contribution in [3.63, 3.8) is 0 Å². The molecule has 1 fully saturated rings. The highest BCUT2D eigenvalue weighted by molar-refractivity contribution is 7.12. The molecule has 0 radical (unpaired) electrons. The molecule has 0 bridgehead atoms. The standard InChI is InChI=1S/C17H18FN3O2S/c18-13-4-1-2-5-14(13)19-17(23)21-9-7-20(8-10-21)12-15(22)16-6-3-11-24-16/h1-6,11H,7-10,12H2,(H,19,23). The summed E-state index contributed by atoms with van der Waals surface area (Å²) in [5.74, 6) is -0.347. The Hall–Kier alpha value is -2.25. The summed E-state index contributed by atoms with van der Waals surface area (Å²) in [7, 11) is 0. The van der Waals surface area contributed by atoms with Crippen molar-refractivity contribution in [3.05, 3.63) is 52.5 Å². The minimum Gasteiger partial charge on any atom is -0.322 e. The van der Waals surface area contributed by atoms with Gasteiger partial charge in [-0.3, -0.25) is 9.69 Å². The quantitative estimate of drug-likeness (QED) is 0.865. The first-order chi connectivity index (χ1) is 11.6. The minimum atomic E-state index is -0.453. The first kappa shape index (κ1) is 16.6. The Balaban J connectivity index is 1.49. The maximum Gasteiger partial charge on any atom is 0.322 e. The Morgan fingerprint density at radius 3 is 2.50 bits per heavy atom. The number of halogens is 1. The summed E-state index contributed by atoms with van der Waals surface area (Å²) in [5, 5.41) is 4.47. The number of urea groups is 1. The van der Waals surface area contributed by atoms with Crippen LogP contribution in [0, 0.1) is 5.82 Å². The van der Waals surface area contributed by atoms with E-state index in [0.717, 1.165) is 4.88 Å². The number of hydrogen-bond donors (Lipinski definition) is 1. The number of para-hydroxylation sites is 1. The van der Waals surface area contributed by atoms with Crippen LogP contribution in [0.2, 0.25) is 0 Å². The van der Waals surface area contributed by atoms with E-state index in [2.05, 4.69) is 5.32 Å². The predicted molar refractivity (Wildman–Crippen MR) is 92.1 cm³/mol. The number of ketones is 1. The second-order valence-corrected chi connectivity index (χ2v) is 6.52. The van der Waals surface area contributed by atoms with Crippen molar-refractivity contribution in [2.45, 2.75) is 0 Å². The fourth-order valence-corrected chi connectivity index (χ4v) is 3.24. The number of piperazine rings is 1. The van der Waals surface area contributed by atoms with Crippen LogP contribution in [0.5, 0.6) is 0 Å². The number of anilines is 1. The molecule has 5 nitrogen and oxygen atoms in total. The molecule has 126 valence electrons. The molecule has 0 unspecified atom stereocenters. The Kier molecular flexibility index (Phi) is 5.22. The van der Waals surface area contributed by atoms with Crippen LogP contribution in [0.15, 0.2) is 41.8 Å². The largest absolute Gasteiger partial charge is 0.322 e. The molecule has 0 atom stereocenters. The van der Waals surface area contributed by atoms with Gasteiger partial charge in [-0.25, -0.2) is 9.18 Å². The maximum atomic E-state index is 13.6. The summed E-state index contributed by atoms with van der Waals surface area (Å²) in [5.41, 5.74) is 0.179. The van der Waals surface area contributed by atoms with E-state index in [1.54, 1.807) is 17.0 Å². The summed E-state index contributed by atoms with van der Waals surface area (Å²) in [6, 6.07) is 9.46. The van der Waals surface area contributed by atoms with E-state index in [1.165, 1.54) is 23.5 Å². The van der Waals surface area contributed by atoms with Crippen molar-refractivity contribution in [1.29, 1.82) is 0 Å². The number of Topliss-reactive ketones (excluding diaryl/α,β-unsaturated/α-hetero) is 1.